The molecule has 0 radical (unpaired) electrons. The van der Waals surface area contributed by atoms with Crippen molar-refractivity contribution in [3.63, 3.8) is 0 Å². The highest BCUT2D eigenvalue weighted by Crippen LogP contribution is 2.33. The van der Waals surface area contributed by atoms with E-state index in [1.807, 2.05) is 0 Å². The molecule has 3 heterocycles. The molecular formula is C23H21ClFN5O3S2. The van der Waals surface area contributed by atoms with E-state index in [0.717, 1.165) is 0 Å². The van der Waals surface area contributed by atoms with E-state index in [-0.39, 0.29) is 23.5 Å². The van der Waals surface area contributed by atoms with Gasteiger partial charge in [0.05, 0.1) is 16.1 Å². The zero-order valence-corrected chi connectivity index (χ0v) is 20.8. The van der Waals surface area contributed by atoms with Crippen LogP contribution in [0.3, 0.4) is 0 Å². The van der Waals surface area contributed by atoms with Crippen molar-refractivity contribution in [2.24, 2.45) is 0 Å². The van der Waals surface area contributed by atoms with Gasteiger partial charge < -0.3 is 0 Å². The number of hydrogen-bond donors (Lipinski definition) is 0. The Morgan fingerprint density at radius 3 is 2.71 bits per heavy atom. The summed E-state index contributed by atoms with van der Waals surface area (Å²) >= 11 is 7.12. The number of amides is 1. The van der Waals surface area contributed by atoms with E-state index in [2.05, 4.69) is 10.1 Å². The van der Waals surface area contributed by atoms with Crippen LogP contribution in [0.5, 0.6) is 0 Å². The van der Waals surface area contributed by atoms with Gasteiger partial charge in [-0.25, -0.2) is 17.8 Å². The molecule has 0 bridgehead atoms. The molecule has 4 aromatic rings. The first-order valence-corrected chi connectivity index (χ1v) is 13.6. The first-order valence-electron chi connectivity index (χ1n) is 11.0. The van der Waals surface area contributed by atoms with Crippen molar-refractivity contribution < 1.29 is 17.6 Å². The SMILES string of the molecule is O=C(C1CCCN1S(=O)(=O)c1ccc(Cl)cc1)N(CCn1cccn1)c1nc2c(F)cccc2s1. The van der Waals surface area contributed by atoms with Crippen LogP contribution >= 0.6 is 22.9 Å². The van der Waals surface area contributed by atoms with Gasteiger partial charge in [0, 0.05) is 30.5 Å². The summed E-state index contributed by atoms with van der Waals surface area (Å²) < 4.78 is 44.6. The molecule has 1 amide bonds. The van der Waals surface area contributed by atoms with Crippen LogP contribution in [0.25, 0.3) is 10.2 Å². The fourth-order valence-electron chi connectivity index (χ4n) is 4.15. The summed E-state index contributed by atoms with van der Waals surface area (Å²) in [4.78, 5) is 19.8. The lowest BCUT2D eigenvalue weighted by Gasteiger charge is -2.28. The molecule has 0 N–H and O–H groups in total. The van der Waals surface area contributed by atoms with Crippen LogP contribution in [-0.4, -0.2) is 52.5 Å². The molecule has 182 valence electrons. The summed E-state index contributed by atoms with van der Waals surface area (Å²) in [6, 6.07) is 11.4. The number of carbonyl (C=O) groups excluding carboxylic acids is 1. The Labute approximate surface area is 210 Å². The summed E-state index contributed by atoms with van der Waals surface area (Å²) in [5.74, 6) is -0.871. The van der Waals surface area contributed by atoms with Gasteiger partial charge in [0.1, 0.15) is 17.4 Å². The molecule has 2 aromatic carbocycles. The number of thiazole rings is 1. The molecular weight excluding hydrogens is 513 g/mol. The monoisotopic (exact) mass is 533 g/mol. The van der Waals surface area contributed by atoms with Crippen molar-refractivity contribution in [3.05, 3.63) is 71.8 Å². The molecule has 1 unspecified atom stereocenters. The summed E-state index contributed by atoms with van der Waals surface area (Å²) in [5.41, 5.74) is 0.182. The van der Waals surface area contributed by atoms with Crippen molar-refractivity contribution >= 4 is 54.2 Å². The second-order valence-corrected chi connectivity index (χ2v) is 11.4. The van der Waals surface area contributed by atoms with Crippen molar-refractivity contribution in [2.45, 2.75) is 30.3 Å². The predicted molar refractivity (Wildman–Crippen MR) is 133 cm³/mol. The summed E-state index contributed by atoms with van der Waals surface area (Å²) in [7, 11) is -3.92. The number of anilines is 1. The van der Waals surface area contributed by atoms with E-state index in [4.69, 9.17) is 11.6 Å². The lowest BCUT2D eigenvalue weighted by atomic mass is 10.2. The van der Waals surface area contributed by atoms with Gasteiger partial charge in [0.15, 0.2) is 5.13 Å². The highest BCUT2D eigenvalue weighted by atomic mass is 35.5. The summed E-state index contributed by atoms with van der Waals surface area (Å²) in [5, 5.41) is 4.92. The first kappa shape index (κ1) is 23.9. The largest absolute Gasteiger partial charge is 0.285 e. The van der Waals surface area contributed by atoms with E-state index in [0.29, 0.717) is 34.2 Å². The van der Waals surface area contributed by atoms with Crippen molar-refractivity contribution in [1.82, 2.24) is 19.1 Å². The van der Waals surface area contributed by atoms with Crippen LogP contribution in [0.4, 0.5) is 9.52 Å². The van der Waals surface area contributed by atoms with Crippen LogP contribution in [-0.2, 0) is 21.4 Å². The number of hydrogen-bond acceptors (Lipinski definition) is 6. The normalized spacial score (nSPS) is 16.7. The van der Waals surface area contributed by atoms with Gasteiger partial charge in [-0.3, -0.25) is 14.4 Å². The first-order chi connectivity index (χ1) is 16.8. The highest BCUT2D eigenvalue weighted by molar-refractivity contribution is 7.89. The molecule has 35 heavy (non-hydrogen) atoms. The maximum atomic E-state index is 14.3. The van der Waals surface area contributed by atoms with E-state index < -0.39 is 27.8 Å². The topological polar surface area (TPSA) is 88.4 Å². The van der Waals surface area contributed by atoms with E-state index >= 15 is 0 Å². The molecule has 1 aliphatic rings. The van der Waals surface area contributed by atoms with Gasteiger partial charge in [-0.2, -0.15) is 9.40 Å². The third-order valence-electron chi connectivity index (χ3n) is 5.88. The number of carbonyl (C=O) groups is 1. The van der Waals surface area contributed by atoms with Gasteiger partial charge in [0.25, 0.3) is 0 Å². The number of halogens is 2. The minimum atomic E-state index is -3.92. The molecule has 0 saturated carbocycles. The molecule has 8 nitrogen and oxygen atoms in total. The standard InChI is InChI=1S/C23H21ClFN5O3S2/c24-16-7-9-17(10-8-16)35(32,33)30-13-2-5-19(30)22(31)29(15-14-28-12-3-11-26-28)23-27-21-18(25)4-1-6-20(21)34-23/h1,3-4,6-12,19H,2,5,13-15H2. The van der Waals surface area contributed by atoms with Crippen LogP contribution in [0.15, 0.2) is 65.8 Å². The van der Waals surface area contributed by atoms with Crippen molar-refractivity contribution in [2.75, 3.05) is 18.0 Å². The fraction of sp³-hybridized carbons (Fsp3) is 0.261. The number of benzene rings is 2. The van der Waals surface area contributed by atoms with Gasteiger partial charge in [-0.05, 0) is 55.3 Å². The highest BCUT2D eigenvalue weighted by Gasteiger charge is 2.42. The zero-order valence-electron chi connectivity index (χ0n) is 18.4. The Kier molecular flexibility index (Phi) is 6.58. The molecule has 5 rings (SSSR count). The Bertz CT molecular complexity index is 1460. The Hall–Kier alpha value is -2.86. The summed E-state index contributed by atoms with van der Waals surface area (Å²) in [6.45, 7) is 0.796. The van der Waals surface area contributed by atoms with Crippen LogP contribution in [0, 0.1) is 5.82 Å². The second kappa shape index (κ2) is 9.65. The predicted octanol–water partition coefficient (Wildman–Crippen LogP) is 4.17. The smallest absolute Gasteiger partial charge is 0.247 e. The molecule has 1 fully saturated rings. The minimum absolute atomic E-state index is 0.0757. The van der Waals surface area contributed by atoms with Crippen LogP contribution < -0.4 is 4.90 Å². The van der Waals surface area contributed by atoms with Crippen molar-refractivity contribution in [1.29, 1.82) is 0 Å². The van der Waals surface area contributed by atoms with Gasteiger partial charge in [0.2, 0.25) is 15.9 Å². The van der Waals surface area contributed by atoms with E-state index in [9.17, 15) is 17.6 Å². The molecule has 12 heteroatoms. The number of para-hydroxylation sites is 1. The Morgan fingerprint density at radius 1 is 1.20 bits per heavy atom. The van der Waals surface area contributed by atoms with Gasteiger partial charge in [-0.15, -0.1) is 0 Å². The Morgan fingerprint density at radius 2 is 2.00 bits per heavy atom. The number of aromatic nitrogens is 3. The quantitative estimate of drug-likeness (QED) is 0.356. The Balaban J connectivity index is 1.49. The van der Waals surface area contributed by atoms with E-state index in [1.165, 1.54) is 50.9 Å². The molecule has 1 atom stereocenters. The molecule has 1 aliphatic heterocycles. The van der Waals surface area contributed by atoms with Crippen LogP contribution in [0.2, 0.25) is 5.02 Å². The number of sulfonamides is 1. The lowest BCUT2D eigenvalue weighted by molar-refractivity contribution is -0.121. The maximum absolute atomic E-state index is 14.3. The molecule has 0 spiro atoms. The van der Waals surface area contributed by atoms with Gasteiger partial charge >= 0.3 is 0 Å². The zero-order chi connectivity index (χ0) is 24.6. The molecule has 2 aromatic heterocycles. The average Bonchev–Trinajstić information content (AvgIpc) is 3.60. The second-order valence-electron chi connectivity index (χ2n) is 8.07. The van der Waals surface area contributed by atoms with Crippen LogP contribution in [0.1, 0.15) is 12.8 Å². The molecule has 0 aliphatic carbocycles. The minimum Gasteiger partial charge on any atom is -0.285 e. The lowest BCUT2D eigenvalue weighted by Crippen LogP contribution is -2.48. The third-order valence-corrected chi connectivity index (χ3v) is 9.09. The number of fused-ring (bicyclic) bond motifs is 1. The van der Waals surface area contributed by atoms with E-state index in [1.54, 1.807) is 35.3 Å². The summed E-state index contributed by atoms with van der Waals surface area (Å²) in [6.07, 6.45) is 4.33. The van der Waals surface area contributed by atoms with Gasteiger partial charge in [-0.1, -0.05) is 29.0 Å². The van der Waals surface area contributed by atoms with Crippen molar-refractivity contribution in [3.8, 4) is 0 Å². The number of rotatable bonds is 7. The molecule has 1 saturated heterocycles. The third kappa shape index (κ3) is 4.68. The average molecular weight is 534 g/mol. The maximum Gasteiger partial charge on any atom is 0.247 e. The fourth-order valence-corrected chi connectivity index (χ4v) is 6.94. The number of nitrogens with zero attached hydrogens (tertiary/aromatic N) is 5.